The van der Waals surface area contributed by atoms with Crippen molar-refractivity contribution in [2.75, 3.05) is 0 Å². The summed E-state index contributed by atoms with van der Waals surface area (Å²) in [6, 6.07) is 0. The number of aromatic nitrogens is 3. The lowest BCUT2D eigenvalue weighted by molar-refractivity contribution is -0.155. The second-order valence-corrected chi connectivity index (χ2v) is 8.04. The van der Waals surface area contributed by atoms with E-state index in [2.05, 4.69) is 53.3 Å². The van der Waals surface area contributed by atoms with E-state index in [0.717, 1.165) is 15.4 Å². The van der Waals surface area contributed by atoms with Crippen LogP contribution in [0.1, 0.15) is 40.3 Å². The summed E-state index contributed by atoms with van der Waals surface area (Å²) in [5.74, 6) is -0.322. The van der Waals surface area contributed by atoms with Crippen LogP contribution in [-0.2, 0) is 14.3 Å². The number of ether oxygens (including phenoxy) is 2. The quantitative estimate of drug-likeness (QED) is 0.392. The van der Waals surface area contributed by atoms with Crippen LogP contribution in [0.2, 0.25) is 5.15 Å². The Bertz CT molecular complexity index is 792. The highest BCUT2D eigenvalue weighted by Crippen LogP contribution is 2.47. The van der Waals surface area contributed by atoms with Crippen LogP contribution in [-0.4, -0.2) is 32.7 Å². The first-order valence-corrected chi connectivity index (χ1v) is 9.22. The van der Waals surface area contributed by atoms with Crippen LogP contribution in [0.4, 0.5) is 0 Å². The predicted octanol–water partition coefficient (Wildman–Crippen LogP) is 3.95. The third kappa shape index (κ3) is 2.80. The van der Waals surface area contributed by atoms with Crippen molar-refractivity contribution in [2.45, 2.75) is 52.6 Å². The first kappa shape index (κ1) is 17.9. The Morgan fingerprint density at radius 1 is 1.50 bits per heavy atom. The van der Waals surface area contributed by atoms with Gasteiger partial charge in [-0.05, 0) is 29.0 Å². The predicted molar refractivity (Wildman–Crippen MR) is 98.8 cm³/mol. The molecule has 0 N–H and O–H groups in total. The van der Waals surface area contributed by atoms with E-state index in [0.29, 0.717) is 10.8 Å². The molecule has 0 aliphatic carbocycles. The topological polar surface area (TPSA) is 66.2 Å². The zero-order valence-electron chi connectivity index (χ0n) is 13.9. The Balaban J connectivity index is 2.13. The summed E-state index contributed by atoms with van der Waals surface area (Å²) in [5.41, 5.74) is 0.360. The van der Waals surface area contributed by atoms with E-state index in [4.69, 9.17) is 21.1 Å². The molecule has 0 bridgehead atoms. The third-order valence-corrected chi connectivity index (χ3v) is 5.69. The van der Waals surface area contributed by atoms with Crippen molar-refractivity contribution < 1.29 is 14.3 Å². The zero-order chi connectivity index (χ0) is 17.6. The van der Waals surface area contributed by atoms with Crippen molar-refractivity contribution in [2.24, 2.45) is 5.41 Å². The number of esters is 1. The smallest absolute Gasteiger partial charge is 0.303 e. The molecule has 1 aliphatic rings. The van der Waals surface area contributed by atoms with Gasteiger partial charge in [0.2, 0.25) is 0 Å². The fourth-order valence-corrected chi connectivity index (χ4v) is 4.57. The maximum absolute atomic E-state index is 11.6. The molecule has 1 fully saturated rings. The van der Waals surface area contributed by atoms with Crippen molar-refractivity contribution in [3.63, 3.8) is 0 Å². The van der Waals surface area contributed by atoms with Crippen LogP contribution in [0, 0.1) is 8.99 Å². The van der Waals surface area contributed by atoms with Crippen LogP contribution in [0.5, 0.6) is 0 Å². The van der Waals surface area contributed by atoms with Crippen LogP contribution in [0.25, 0.3) is 11.0 Å². The number of carbonyl (C=O) groups is 1. The van der Waals surface area contributed by atoms with Crippen LogP contribution in [0.15, 0.2) is 12.5 Å². The van der Waals surface area contributed by atoms with E-state index >= 15 is 0 Å². The summed E-state index contributed by atoms with van der Waals surface area (Å²) >= 11 is 8.42. The summed E-state index contributed by atoms with van der Waals surface area (Å²) < 4.78 is 14.7. The lowest BCUT2D eigenvalue weighted by atomic mass is 9.81. The molecule has 2 aromatic rings. The molecule has 2 aromatic heterocycles. The summed E-state index contributed by atoms with van der Waals surface area (Å²) in [6.07, 6.45) is 3.27. The molecule has 1 aliphatic heterocycles. The number of carbonyl (C=O) groups excluding carboxylic acids is 1. The minimum atomic E-state index is -0.453. The highest BCUT2D eigenvalue weighted by atomic mass is 127. The SMILES string of the molecule is CC[C@H]1O[C@@H](n2cc(I)c3c(Cl)ncnc32)[C@H](OC(C)=O)C1(C)C. The average molecular weight is 464 g/mol. The van der Waals surface area contributed by atoms with Gasteiger partial charge in [0.15, 0.2) is 12.3 Å². The number of nitrogens with zero attached hydrogens (tertiary/aromatic N) is 3. The van der Waals surface area contributed by atoms with Gasteiger partial charge in [-0.15, -0.1) is 0 Å². The van der Waals surface area contributed by atoms with Crippen LogP contribution >= 0.6 is 34.2 Å². The van der Waals surface area contributed by atoms with Gasteiger partial charge in [-0.25, -0.2) is 9.97 Å². The Hall–Kier alpha value is -0.930. The standard InChI is InChI=1S/C16H19ClIN3O3/c1-5-10-16(3,4)12(23-8(2)22)15(24-10)21-6-9(18)11-13(17)19-7-20-14(11)21/h6-7,10,12,15H,5H2,1-4H3/t10-,12+,15-/m1/s1. The van der Waals surface area contributed by atoms with Crippen LogP contribution < -0.4 is 0 Å². The van der Waals surface area contributed by atoms with E-state index in [9.17, 15) is 4.79 Å². The van der Waals surface area contributed by atoms with Crippen molar-refractivity contribution >= 4 is 51.2 Å². The molecular weight excluding hydrogens is 445 g/mol. The minimum Gasteiger partial charge on any atom is -0.457 e. The van der Waals surface area contributed by atoms with E-state index < -0.39 is 12.3 Å². The van der Waals surface area contributed by atoms with Crippen molar-refractivity contribution in [1.29, 1.82) is 0 Å². The molecule has 130 valence electrons. The Morgan fingerprint density at radius 2 is 2.21 bits per heavy atom. The number of fused-ring (bicyclic) bond motifs is 1. The molecule has 24 heavy (non-hydrogen) atoms. The summed E-state index contributed by atoms with van der Waals surface area (Å²) in [4.78, 5) is 20.1. The van der Waals surface area contributed by atoms with E-state index in [1.54, 1.807) is 0 Å². The second-order valence-electron chi connectivity index (χ2n) is 6.52. The summed E-state index contributed by atoms with van der Waals surface area (Å²) in [5, 5.41) is 1.18. The minimum absolute atomic E-state index is 0.0285. The summed E-state index contributed by atoms with van der Waals surface area (Å²) in [7, 11) is 0. The lowest BCUT2D eigenvalue weighted by Crippen LogP contribution is -2.38. The number of halogens is 2. The fraction of sp³-hybridized carbons (Fsp3) is 0.562. The molecule has 8 heteroatoms. The van der Waals surface area contributed by atoms with Gasteiger partial charge in [0, 0.05) is 22.1 Å². The molecule has 0 spiro atoms. The molecule has 3 rings (SSSR count). The molecule has 3 atom stereocenters. The molecule has 0 amide bonds. The number of rotatable bonds is 3. The van der Waals surface area contributed by atoms with Crippen molar-refractivity contribution in [1.82, 2.24) is 14.5 Å². The van der Waals surface area contributed by atoms with E-state index in [-0.39, 0.29) is 17.5 Å². The highest BCUT2D eigenvalue weighted by Gasteiger charge is 2.53. The number of hydrogen-bond donors (Lipinski definition) is 0. The largest absolute Gasteiger partial charge is 0.457 e. The van der Waals surface area contributed by atoms with Gasteiger partial charge in [0.25, 0.3) is 0 Å². The van der Waals surface area contributed by atoms with Gasteiger partial charge in [-0.2, -0.15) is 0 Å². The molecule has 0 saturated carbocycles. The van der Waals surface area contributed by atoms with Crippen molar-refractivity contribution in [3.05, 3.63) is 21.2 Å². The molecular formula is C16H19ClIN3O3. The fourth-order valence-electron chi connectivity index (χ4n) is 3.39. The van der Waals surface area contributed by atoms with Gasteiger partial charge in [-0.1, -0.05) is 32.4 Å². The van der Waals surface area contributed by atoms with Gasteiger partial charge >= 0.3 is 5.97 Å². The van der Waals surface area contributed by atoms with Crippen LogP contribution in [0.3, 0.4) is 0 Å². The zero-order valence-corrected chi connectivity index (χ0v) is 16.8. The lowest BCUT2D eigenvalue weighted by Gasteiger charge is -2.30. The molecule has 0 unspecified atom stereocenters. The van der Waals surface area contributed by atoms with Gasteiger partial charge < -0.3 is 14.0 Å². The van der Waals surface area contributed by atoms with Crippen molar-refractivity contribution in [3.8, 4) is 0 Å². The highest BCUT2D eigenvalue weighted by molar-refractivity contribution is 14.1. The Labute approximate surface area is 159 Å². The summed E-state index contributed by atoms with van der Waals surface area (Å²) in [6.45, 7) is 7.61. The van der Waals surface area contributed by atoms with Gasteiger partial charge in [-0.3, -0.25) is 4.79 Å². The molecule has 0 radical (unpaired) electrons. The first-order chi connectivity index (χ1) is 11.3. The first-order valence-electron chi connectivity index (χ1n) is 7.76. The Morgan fingerprint density at radius 3 is 2.83 bits per heavy atom. The molecule has 0 aromatic carbocycles. The van der Waals surface area contributed by atoms with E-state index in [1.165, 1.54) is 13.3 Å². The average Bonchev–Trinajstić information content (AvgIpc) is 2.95. The normalized spacial score (nSPS) is 26.0. The Kier molecular flexibility index (Phi) is 4.78. The number of hydrogen-bond acceptors (Lipinski definition) is 5. The second kappa shape index (κ2) is 6.42. The maximum Gasteiger partial charge on any atom is 0.303 e. The van der Waals surface area contributed by atoms with Gasteiger partial charge in [0.1, 0.15) is 17.1 Å². The maximum atomic E-state index is 11.6. The third-order valence-electron chi connectivity index (χ3n) is 4.58. The van der Waals surface area contributed by atoms with Gasteiger partial charge in [0.05, 0.1) is 11.5 Å². The molecule has 1 saturated heterocycles. The molecule has 3 heterocycles. The van der Waals surface area contributed by atoms with E-state index in [1.807, 2.05) is 10.8 Å². The molecule has 6 nitrogen and oxygen atoms in total. The monoisotopic (exact) mass is 463 g/mol.